The van der Waals surface area contributed by atoms with Crippen molar-refractivity contribution in [2.75, 3.05) is 31.1 Å². The Bertz CT molecular complexity index is 1350. The van der Waals surface area contributed by atoms with E-state index in [1.54, 1.807) is 29.2 Å². The molecule has 2 aromatic carbocycles. The molecule has 3 aromatic rings. The summed E-state index contributed by atoms with van der Waals surface area (Å²) in [5, 5.41) is 18.9. The highest BCUT2D eigenvalue weighted by Gasteiger charge is 2.27. The number of rotatable bonds is 4. The molecule has 0 saturated carbocycles. The zero-order valence-electron chi connectivity index (χ0n) is 19.6. The van der Waals surface area contributed by atoms with Crippen LogP contribution in [0, 0.1) is 23.0 Å². The molecule has 9 heteroatoms. The van der Waals surface area contributed by atoms with Gasteiger partial charge in [-0.3, -0.25) is 4.79 Å². The molecule has 6 nitrogen and oxygen atoms in total. The SMILES string of the molecule is N#Cc1ccc(-c2cc(C(=O)N3CCC[C@@H](N)C3)sc2-c2ccc(N3CC[C@@H](O)C3)cc2F)cc1F. The number of hydrogen-bond donors (Lipinski definition) is 2. The predicted molar refractivity (Wildman–Crippen MR) is 136 cm³/mol. The maximum absolute atomic E-state index is 15.5. The van der Waals surface area contributed by atoms with E-state index in [0.29, 0.717) is 64.7 Å². The number of anilines is 1. The molecule has 0 bridgehead atoms. The summed E-state index contributed by atoms with van der Waals surface area (Å²) < 4.78 is 30.0. The fourth-order valence-corrected chi connectivity index (χ4v) is 6.07. The lowest BCUT2D eigenvalue weighted by Crippen LogP contribution is -2.45. The molecule has 2 aliphatic rings. The molecule has 3 N–H and O–H groups in total. The molecule has 186 valence electrons. The first-order valence-corrected chi connectivity index (χ1v) is 12.8. The lowest BCUT2D eigenvalue weighted by Gasteiger charge is -2.30. The average Bonchev–Trinajstić information content (AvgIpc) is 3.50. The molecule has 2 atom stereocenters. The van der Waals surface area contributed by atoms with E-state index in [0.717, 1.165) is 12.8 Å². The van der Waals surface area contributed by atoms with Gasteiger partial charge in [0.25, 0.3) is 5.91 Å². The first-order chi connectivity index (χ1) is 17.3. The van der Waals surface area contributed by atoms with Crippen molar-refractivity contribution in [2.24, 2.45) is 5.73 Å². The Morgan fingerprint density at radius 1 is 1.06 bits per heavy atom. The summed E-state index contributed by atoms with van der Waals surface area (Å²) in [6.07, 6.45) is 1.88. The van der Waals surface area contributed by atoms with Gasteiger partial charge in [-0.05, 0) is 61.2 Å². The Morgan fingerprint density at radius 3 is 2.56 bits per heavy atom. The largest absolute Gasteiger partial charge is 0.391 e. The minimum absolute atomic E-state index is 0.0803. The van der Waals surface area contributed by atoms with E-state index < -0.39 is 17.7 Å². The Labute approximate surface area is 212 Å². The van der Waals surface area contributed by atoms with Gasteiger partial charge in [-0.25, -0.2) is 8.78 Å². The van der Waals surface area contributed by atoms with Gasteiger partial charge in [0, 0.05) is 53.9 Å². The van der Waals surface area contributed by atoms with Gasteiger partial charge in [0.15, 0.2) is 0 Å². The normalized spacial score (nSPS) is 20.0. The predicted octanol–water partition coefficient (Wildman–Crippen LogP) is 4.37. The Balaban J connectivity index is 1.57. The number of carbonyl (C=O) groups is 1. The summed E-state index contributed by atoms with van der Waals surface area (Å²) in [6, 6.07) is 12.5. The highest BCUT2D eigenvalue weighted by molar-refractivity contribution is 7.18. The highest BCUT2D eigenvalue weighted by atomic mass is 32.1. The third-order valence-electron chi connectivity index (χ3n) is 6.81. The van der Waals surface area contributed by atoms with Gasteiger partial charge in [-0.1, -0.05) is 6.07 Å². The van der Waals surface area contributed by atoms with Crippen LogP contribution >= 0.6 is 11.3 Å². The number of carbonyl (C=O) groups excluding carboxylic acids is 1. The van der Waals surface area contributed by atoms with Crippen molar-refractivity contribution in [2.45, 2.75) is 31.4 Å². The van der Waals surface area contributed by atoms with E-state index in [1.165, 1.54) is 29.5 Å². The van der Waals surface area contributed by atoms with Crippen LogP contribution in [0.5, 0.6) is 0 Å². The van der Waals surface area contributed by atoms with E-state index in [9.17, 15) is 14.3 Å². The molecule has 2 saturated heterocycles. The molecule has 0 aliphatic carbocycles. The van der Waals surface area contributed by atoms with Gasteiger partial charge in [-0.2, -0.15) is 5.26 Å². The van der Waals surface area contributed by atoms with Crippen LogP contribution in [0.2, 0.25) is 0 Å². The number of hydrogen-bond acceptors (Lipinski definition) is 6. The van der Waals surface area contributed by atoms with E-state index in [1.807, 2.05) is 11.0 Å². The molecular weight excluding hydrogens is 482 g/mol. The number of thiophene rings is 1. The summed E-state index contributed by atoms with van der Waals surface area (Å²) in [5.41, 5.74) is 7.94. The maximum atomic E-state index is 15.5. The van der Waals surface area contributed by atoms with Crippen LogP contribution in [0.15, 0.2) is 42.5 Å². The van der Waals surface area contributed by atoms with E-state index in [4.69, 9.17) is 11.0 Å². The van der Waals surface area contributed by atoms with Gasteiger partial charge in [0.05, 0.1) is 16.5 Å². The molecule has 0 spiro atoms. The van der Waals surface area contributed by atoms with Gasteiger partial charge < -0.3 is 20.6 Å². The summed E-state index contributed by atoms with van der Waals surface area (Å²) >= 11 is 1.17. The van der Waals surface area contributed by atoms with Crippen LogP contribution in [0.4, 0.5) is 14.5 Å². The van der Waals surface area contributed by atoms with Crippen molar-refractivity contribution in [1.29, 1.82) is 5.26 Å². The topological polar surface area (TPSA) is 93.6 Å². The molecule has 0 radical (unpaired) electrons. The van der Waals surface area contributed by atoms with Gasteiger partial charge in [0.1, 0.15) is 17.7 Å². The van der Waals surface area contributed by atoms with Crippen LogP contribution in [0.3, 0.4) is 0 Å². The van der Waals surface area contributed by atoms with Crippen LogP contribution in [-0.2, 0) is 0 Å². The lowest BCUT2D eigenvalue weighted by molar-refractivity contribution is 0.0713. The quantitative estimate of drug-likeness (QED) is 0.546. The monoisotopic (exact) mass is 508 g/mol. The number of aliphatic hydroxyl groups is 1. The van der Waals surface area contributed by atoms with Crippen molar-refractivity contribution < 1.29 is 18.7 Å². The molecule has 2 fully saturated rings. The maximum Gasteiger partial charge on any atom is 0.264 e. The number of β-amino-alcohol motifs (C(OH)–C–C–N with tert-alkyl or cyclic N) is 1. The molecule has 0 unspecified atom stereocenters. The van der Waals surface area contributed by atoms with Crippen molar-refractivity contribution in [3.8, 4) is 27.6 Å². The first kappa shape index (κ1) is 24.4. The number of nitrogens with zero attached hydrogens (tertiary/aromatic N) is 3. The van der Waals surface area contributed by atoms with Crippen LogP contribution in [0.1, 0.15) is 34.5 Å². The Kier molecular flexibility index (Phi) is 6.75. The smallest absolute Gasteiger partial charge is 0.264 e. The summed E-state index contributed by atoms with van der Waals surface area (Å²) in [7, 11) is 0. The number of likely N-dealkylation sites (tertiary alicyclic amines) is 1. The highest BCUT2D eigenvalue weighted by Crippen LogP contribution is 2.42. The Hall–Kier alpha value is -3.32. The standard InChI is InChI=1S/C27H26F2N4O2S/c28-23-10-16(3-4-17(23)13-30)22-12-25(27(35)33-8-1-2-18(31)14-33)36-26(22)21-6-5-19(11-24(21)29)32-9-7-20(34)15-32/h3-6,10-12,18,20,34H,1-2,7-9,14-15,31H2/t18-,20-/m1/s1. The molecule has 1 aromatic heterocycles. The summed E-state index contributed by atoms with van der Waals surface area (Å²) in [4.78, 5) is 17.9. The number of piperidine rings is 1. The Morgan fingerprint density at radius 2 is 1.89 bits per heavy atom. The van der Waals surface area contributed by atoms with Crippen molar-refractivity contribution >= 4 is 22.9 Å². The number of nitriles is 1. The molecule has 3 heterocycles. The van der Waals surface area contributed by atoms with E-state index in [-0.39, 0.29) is 17.5 Å². The van der Waals surface area contributed by atoms with Crippen LogP contribution in [-0.4, -0.2) is 54.2 Å². The molecule has 2 aliphatic heterocycles. The van der Waals surface area contributed by atoms with E-state index in [2.05, 4.69) is 0 Å². The van der Waals surface area contributed by atoms with Gasteiger partial charge in [-0.15, -0.1) is 11.3 Å². The minimum atomic E-state index is -0.676. The molecule has 1 amide bonds. The molecule has 5 rings (SSSR count). The summed E-state index contributed by atoms with van der Waals surface area (Å²) in [5.74, 6) is -1.32. The third kappa shape index (κ3) is 4.72. The number of halogens is 2. The fraction of sp³-hybridized carbons (Fsp3) is 0.333. The molecular formula is C27H26F2N4O2S. The second kappa shape index (κ2) is 9.97. The van der Waals surface area contributed by atoms with Crippen molar-refractivity contribution in [3.05, 3.63) is 64.5 Å². The van der Waals surface area contributed by atoms with Gasteiger partial charge in [0.2, 0.25) is 0 Å². The number of amides is 1. The number of aliphatic hydroxyl groups excluding tert-OH is 1. The second-order valence-electron chi connectivity index (χ2n) is 9.37. The lowest BCUT2D eigenvalue weighted by atomic mass is 10.00. The van der Waals surface area contributed by atoms with E-state index >= 15 is 4.39 Å². The number of benzene rings is 2. The zero-order chi connectivity index (χ0) is 25.4. The molecule has 36 heavy (non-hydrogen) atoms. The first-order valence-electron chi connectivity index (χ1n) is 12.0. The minimum Gasteiger partial charge on any atom is -0.391 e. The van der Waals surface area contributed by atoms with Gasteiger partial charge >= 0.3 is 0 Å². The van der Waals surface area contributed by atoms with Crippen LogP contribution < -0.4 is 10.6 Å². The summed E-state index contributed by atoms with van der Waals surface area (Å²) in [6.45, 7) is 2.15. The zero-order valence-corrected chi connectivity index (χ0v) is 20.4. The number of nitrogens with two attached hydrogens (primary N) is 1. The fourth-order valence-electron chi connectivity index (χ4n) is 4.90. The van der Waals surface area contributed by atoms with Crippen molar-refractivity contribution in [3.63, 3.8) is 0 Å². The average molecular weight is 509 g/mol. The second-order valence-corrected chi connectivity index (χ2v) is 10.4. The third-order valence-corrected chi connectivity index (χ3v) is 7.97. The van der Waals surface area contributed by atoms with Crippen LogP contribution in [0.25, 0.3) is 21.6 Å². The van der Waals surface area contributed by atoms with Crippen molar-refractivity contribution in [1.82, 2.24) is 4.90 Å².